The topological polar surface area (TPSA) is 142 Å². The third-order valence-corrected chi connectivity index (χ3v) is 6.62. The minimum Gasteiger partial charge on any atom is -0.480 e. The van der Waals surface area contributed by atoms with Crippen LogP contribution in [0.5, 0.6) is 0 Å². The van der Waals surface area contributed by atoms with Gasteiger partial charge in [0.25, 0.3) is 0 Å². The molecule has 194 valence electrons. The number of hydrogen-bond acceptors (Lipinski definition) is 5. The van der Waals surface area contributed by atoms with Crippen LogP contribution in [0.15, 0.2) is 30.3 Å². The largest absolute Gasteiger partial charge is 0.480 e. The summed E-state index contributed by atoms with van der Waals surface area (Å²) in [7, 11) is 0. The molecule has 3 amide bonds. The van der Waals surface area contributed by atoms with Gasteiger partial charge in [-0.3, -0.25) is 14.4 Å². The van der Waals surface area contributed by atoms with Crippen molar-refractivity contribution >= 4 is 23.7 Å². The van der Waals surface area contributed by atoms with Crippen LogP contribution in [0.3, 0.4) is 0 Å². The lowest BCUT2D eigenvalue weighted by Gasteiger charge is -2.30. The minimum absolute atomic E-state index is 0.0540. The Morgan fingerprint density at radius 1 is 1.09 bits per heavy atom. The maximum atomic E-state index is 13.6. The molecule has 1 aliphatic rings. The van der Waals surface area contributed by atoms with E-state index in [1.807, 2.05) is 58.0 Å². The molecule has 1 saturated heterocycles. The SMILES string of the molecule is CCC(C)C(N)C(=O)NC(Cc1ccccc1)C(=O)N1CCCC1C(=O)NC(CC(C)C)C(=O)O. The monoisotopic (exact) mass is 488 g/mol. The predicted molar refractivity (Wildman–Crippen MR) is 133 cm³/mol. The van der Waals surface area contributed by atoms with Gasteiger partial charge in [-0.1, -0.05) is 64.4 Å². The van der Waals surface area contributed by atoms with E-state index in [4.69, 9.17) is 5.73 Å². The Balaban J connectivity index is 2.22. The molecular weight excluding hydrogens is 448 g/mol. The fourth-order valence-corrected chi connectivity index (χ4v) is 4.29. The fourth-order valence-electron chi connectivity index (χ4n) is 4.29. The lowest BCUT2D eigenvalue weighted by atomic mass is 9.98. The average Bonchev–Trinajstić information content (AvgIpc) is 3.32. The van der Waals surface area contributed by atoms with Gasteiger partial charge in [0.2, 0.25) is 17.7 Å². The standard InChI is InChI=1S/C26H40N4O5/c1-5-17(4)22(27)24(32)28-19(15-18-10-7-6-8-11-18)25(33)30-13-9-12-21(30)23(31)29-20(26(34)35)14-16(2)3/h6-8,10-11,16-17,19-22H,5,9,12-15,27H2,1-4H3,(H,28,32)(H,29,31)(H,34,35). The third kappa shape index (κ3) is 8.06. The summed E-state index contributed by atoms with van der Waals surface area (Å²) in [5, 5.41) is 14.9. The van der Waals surface area contributed by atoms with Crippen LogP contribution in [0, 0.1) is 11.8 Å². The highest BCUT2D eigenvalue weighted by Crippen LogP contribution is 2.21. The molecule has 1 aromatic rings. The van der Waals surface area contributed by atoms with Gasteiger partial charge < -0.3 is 26.4 Å². The highest BCUT2D eigenvalue weighted by molar-refractivity contribution is 5.94. The van der Waals surface area contributed by atoms with E-state index in [1.54, 1.807) is 0 Å². The number of aliphatic carboxylic acids is 1. The number of benzene rings is 1. The highest BCUT2D eigenvalue weighted by Gasteiger charge is 2.39. The number of likely N-dealkylation sites (tertiary alicyclic amines) is 1. The Kier molecular flexibility index (Phi) is 10.7. The van der Waals surface area contributed by atoms with Gasteiger partial charge in [-0.25, -0.2) is 4.79 Å². The van der Waals surface area contributed by atoms with Crippen LogP contribution in [0.4, 0.5) is 0 Å². The second kappa shape index (κ2) is 13.2. The first kappa shape index (κ1) is 28.3. The molecule has 5 unspecified atom stereocenters. The zero-order chi connectivity index (χ0) is 26.1. The molecule has 9 nitrogen and oxygen atoms in total. The Morgan fingerprint density at radius 2 is 1.74 bits per heavy atom. The van der Waals surface area contributed by atoms with Crippen LogP contribution in [-0.2, 0) is 25.6 Å². The fraction of sp³-hybridized carbons (Fsp3) is 0.615. The van der Waals surface area contributed by atoms with Gasteiger partial charge in [-0.05, 0) is 36.7 Å². The Labute approximate surface area is 207 Å². The number of hydrogen-bond donors (Lipinski definition) is 4. The van der Waals surface area contributed by atoms with Crippen molar-refractivity contribution in [3.05, 3.63) is 35.9 Å². The maximum Gasteiger partial charge on any atom is 0.326 e. The molecule has 1 aromatic carbocycles. The van der Waals surface area contributed by atoms with Gasteiger partial charge in [-0.2, -0.15) is 0 Å². The summed E-state index contributed by atoms with van der Waals surface area (Å²) in [5.41, 5.74) is 6.98. The zero-order valence-corrected chi connectivity index (χ0v) is 21.2. The van der Waals surface area contributed by atoms with Gasteiger partial charge in [0, 0.05) is 13.0 Å². The molecule has 1 heterocycles. The minimum atomic E-state index is -1.10. The number of carboxylic acids is 1. The van der Waals surface area contributed by atoms with E-state index in [9.17, 15) is 24.3 Å². The first-order valence-electron chi connectivity index (χ1n) is 12.5. The molecule has 0 bridgehead atoms. The summed E-state index contributed by atoms with van der Waals surface area (Å²) < 4.78 is 0. The van der Waals surface area contributed by atoms with Crippen LogP contribution in [0.25, 0.3) is 0 Å². The highest BCUT2D eigenvalue weighted by atomic mass is 16.4. The number of nitrogens with zero attached hydrogens (tertiary/aromatic N) is 1. The van der Waals surface area contributed by atoms with Crippen molar-refractivity contribution in [2.75, 3.05) is 6.54 Å². The number of carbonyl (C=O) groups is 4. The third-order valence-electron chi connectivity index (χ3n) is 6.62. The Hall–Kier alpha value is -2.94. The second-order valence-corrected chi connectivity index (χ2v) is 9.88. The summed E-state index contributed by atoms with van der Waals surface area (Å²) in [6, 6.07) is 5.89. The first-order valence-corrected chi connectivity index (χ1v) is 12.5. The lowest BCUT2D eigenvalue weighted by Crippen LogP contribution is -2.58. The molecule has 5 N–H and O–H groups in total. The summed E-state index contributed by atoms with van der Waals surface area (Å²) in [6.45, 7) is 7.96. The van der Waals surface area contributed by atoms with Crippen LogP contribution in [-0.4, -0.2) is 64.4 Å². The van der Waals surface area contributed by atoms with Crippen LogP contribution < -0.4 is 16.4 Å². The summed E-state index contributed by atoms with van der Waals surface area (Å²) in [5.74, 6) is -2.33. The quantitative estimate of drug-likeness (QED) is 0.353. The normalized spacial score (nSPS) is 19.0. The van der Waals surface area contributed by atoms with Crippen LogP contribution in [0.1, 0.15) is 58.9 Å². The molecule has 0 aromatic heterocycles. The van der Waals surface area contributed by atoms with Gasteiger partial charge >= 0.3 is 5.97 Å². The van der Waals surface area contributed by atoms with Gasteiger partial charge in [0.1, 0.15) is 18.1 Å². The van der Waals surface area contributed by atoms with Crippen LogP contribution in [0.2, 0.25) is 0 Å². The van der Waals surface area contributed by atoms with Crippen LogP contribution >= 0.6 is 0 Å². The molecule has 0 spiro atoms. The molecule has 0 saturated carbocycles. The number of nitrogens with one attached hydrogen (secondary N) is 2. The number of amides is 3. The van der Waals surface area contributed by atoms with Crippen molar-refractivity contribution in [1.29, 1.82) is 0 Å². The van der Waals surface area contributed by atoms with Crippen molar-refractivity contribution in [3.8, 4) is 0 Å². The van der Waals surface area contributed by atoms with E-state index in [0.29, 0.717) is 25.8 Å². The average molecular weight is 489 g/mol. The van der Waals surface area contributed by atoms with Crippen molar-refractivity contribution in [2.24, 2.45) is 17.6 Å². The number of carbonyl (C=O) groups excluding carboxylic acids is 3. The number of carboxylic acid groups (broad SMARTS) is 1. The summed E-state index contributed by atoms with van der Waals surface area (Å²) >= 11 is 0. The maximum absolute atomic E-state index is 13.6. The first-order chi connectivity index (χ1) is 16.5. The second-order valence-electron chi connectivity index (χ2n) is 9.88. The molecule has 5 atom stereocenters. The van der Waals surface area contributed by atoms with Crippen molar-refractivity contribution in [3.63, 3.8) is 0 Å². The van der Waals surface area contributed by atoms with E-state index in [0.717, 1.165) is 12.0 Å². The molecule has 0 radical (unpaired) electrons. The summed E-state index contributed by atoms with van der Waals surface area (Å²) in [4.78, 5) is 52.6. The van der Waals surface area contributed by atoms with Crippen molar-refractivity contribution in [1.82, 2.24) is 15.5 Å². The summed E-state index contributed by atoms with van der Waals surface area (Å²) in [6.07, 6.45) is 2.33. The molecule has 1 aliphatic heterocycles. The van der Waals surface area contributed by atoms with E-state index in [-0.39, 0.29) is 24.2 Å². The van der Waals surface area contributed by atoms with Gasteiger partial charge in [-0.15, -0.1) is 0 Å². The number of nitrogens with two attached hydrogens (primary N) is 1. The molecule has 35 heavy (non-hydrogen) atoms. The smallest absolute Gasteiger partial charge is 0.326 e. The van der Waals surface area contributed by atoms with E-state index in [2.05, 4.69) is 10.6 Å². The Morgan fingerprint density at radius 3 is 2.31 bits per heavy atom. The van der Waals surface area contributed by atoms with E-state index in [1.165, 1.54) is 4.90 Å². The molecule has 0 aliphatic carbocycles. The Bertz CT molecular complexity index is 876. The molecule has 9 heteroatoms. The van der Waals surface area contributed by atoms with Gasteiger partial charge in [0.15, 0.2) is 0 Å². The lowest BCUT2D eigenvalue weighted by molar-refractivity contribution is -0.145. The van der Waals surface area contributed by atoms with E-state index < -0.39 is 42.0 Å². The van der Waals surface area contributed by atoms with E-state index >= 15 is 0 Å². The van der Waals surface area contributed by atoms with Gasteiger partial charge in [0.05, 0.1) is 6.04 Å². The molecule has 1 fully saturated rings. The van der Waals surface area contributed by atoms with Crippen molar-refractivity contribution < 1.29 is 24.3 Å². The number of rotatable bonds is 12. The van der Waals surface area contributed by atoms with Crippen molar-refractivity contribution in [2.45, 2.75) is 84.0 Å². The predicted octanol–water partition coefficient (Wildman–Crippen LogP) is 1.69. The molecule has 2 rings (SSSR count). The zero-order valence-electron chi connectivity index (χ0n) is 21.2. The molecular formula is C26H40N4O5.